The average molecular weight is 605 g/mol. The number of carbonyl (C=O) groups is 2. The first kappa shape index (κ1) is 29.3. The molecule has 2 amide bonds. The lowest BCUT2D eigenvalue weighted by Crippen LogP contribution is -2.54. The standard InChI is InChI=1S/C28H31BrFN3O4S/c1-20(2)31-28(35)26(17-21-9-5-4-6-10-21)32(18-22-11-7-8-12-25(22)30)27(34)19-33(38(3,36)37)24-15-13-23(29)14-16-24/h4-16,20,26H,17-19H2,1-3H3,(H,31,35). The van der Waals surface area contributed by atoms with Gasteiger partial charge in [-0.25, -0.2) is 12.8 Å². The number of sulfonamides is 1. The van der Waals surface area contributed by atoms with Crippen LogP contribution in [0.2, 0.25) is 0 Å². The number of nitrogens with zero attached hydrogens (tertiary/aromatic N) is 2. The number of hydrogen-bond acceptors (Lipinski definition) is 4. The van der Waals surface area contributed by atoms with Crippen LogP contribution in [0.5, 0.6) is 0 Å². The molecule has 0 aliphatic heterocycles. The molecule has 202 valence electrons. The predicted octanol–water partition coefficient (Wildman–Crippen LogP) is 4.52. The summed E-state index contributed by atoms with van der Waals surface area (Å²) >= 11 is 3.33. The molecule has 0 aliphatic carbocycles. The van der Waals surface area contributed by atoms with Crippen molar-refractivity contribution in [3.8, 4) is 0 Å². The van der Waals surface area contributed by atoms with Crippen LogP contribution in [0.3, 0.4) is 0 Å². The lowest BCUT2D eigenvalue weighted by molar-refractivity contribution is -0.140. The summed E-state index contributed by atoms with van der Waals surface area (Å²) in [6, 6.07) is 20.5. The average Bonchev–Trinajstić information content (AvgIpc) is 2.85. The highest BCUT2D eigenvalue weighted by Gasteiger charge is 2.33. The molecule has 0 spiro atoms. The van der Waals surface area contributed by atoms with Gasteiger partial charge in [0.2, 0.25) is 21.8 Å². The highest BCUT2D eigenvalue weighted by molar-refractivity contribution is 9.10. The first-order valence-corrected chi connectivity index (χ1v) is 14.7. The zero-order valence-electron chi connectivity index (χ0n) is 21.5. The lowest BCUT2D eigenvalue weighted by atomic mass is 10.0. The van der Waals surface area contributed by atoms with E-state index in [1.807, 2.05) is 30.3 Å². The third kappa shape index (κ3) is 8.13. The minimum absolute atomic E-state index is 0.163. The SMILES string of the molecule is CC(C)NC(=O)C(Cc1ccccc1)N(Cc1ccccc1F)C(=O)CN(c1ccc(Br)cc1)S(C)(=O)=O. The summed E-state index contributed by atoms with van der Waals surface area (Å²) in [7, 11) is -3.87. The fraction of sp³-hybridized carbons (Fsp3) is 0.286. The molecular weight excluding hydrogens is 573 g/mol. The number of carbonyl (C=O) groups excluding carboxylic acids is 2. The first-order chi connectivity index (χ1) is 18.0. The third-order valence-corrected chi connectivity index (χ3v) is 7.46. The lowest BCUT2D eigenvalue weighted by Gasteiger charge is -2.34. The normalized spacial score (nSPS) is 12.2. The van der Waals surface area contributed by atoms with E-state index < -0.39 is 40.2 Å². The number of benzene rings is 3. The molecule has 0 aromatic heterocycles. The Morgan fingerprint density at radius 2 is 1.55 bits per heavy atom. The molecule has 0 bridgehead atoms. The van der Waals surface area contributed by atoms with Gasteiger partial charge in [-0.15, -0.1) is 0 Å². The zero-order chi connectivity index (χ0) is 27.9. The number of anilines is 1. The summed E-state index contributed by atoms with van der Waals surface area (Å²) in [4.78, 5) is 28.6. The summed E-state index contributed by atoms with van der Waals surface area (Å²) in [6.07, 6.45) is 1.17. The van der Waals surface area contributed by atoms with Gasteiger partial charge in [-0.05, 0) is 49.7 Å². The minimum atomic E-state index is -3.87. The minimum Gasteiger partial charge on any atom is -0.352 e. The molecule has 3 rings (SSSR count). The fourth-order valence-electron chi connectivity index (χ4n) is 3.97. The van der Waals surface area contributed by atoms with Crippen molar-refractivity contribution >= 4 is 43.5 Å². The van der Waals surface area contributed by atoms with Gasteiger partial charge in [0.1, 0.15) is 18.4 Å². The molecule has 1 unspecified atom stereocenters. The Kier molecular flexibility index (Phi) is 10.0. The first-order valence-electron chi connectivity index (χ1n) is 12.1. The van der Waals surface area contributed by atoms with E-state index in [-0.39, 0.29) is 24.6 Å². The van der Waals surface area contributed by atoms with Crippen LogP contribution >= 0.6 is 15.9 Å². The Balaban J connectivity index is 2.06. The molecule has 0 fully saturated rings. The topological polar surface area (TPSA) is 86.8 Å². The monoisotopic (exact) mass is 603 g/mol. The Morgan fingerprint density at radius 3 is 2.13 bits per heavy atom. The van der Waals surface area contributed by atoms with Gasteiger partial charge in [0, 0.05) is 29.0 Å². The van der Waals surface area contributed by atoms with E-state index in [1.54, 1.807) is 50.2 Å². The van der Waals surface area contributed by atoms with Crippen molar-refractivity contribution in [3.63, 3.8) is 0 Å². The predicted molar refractivity (Wildman–Crippen MR) is 150 cm³/mol. The van der Waals surface area contributed by atoms with Gasteiger partial charge in [0.25, 0.3) is 0 Å². The molecule has 0 heterocycles. The van der Waals surface area contributed by atoms with Gasteiger partial charge >= 0.3 is 0 Å². The maximum absolute atomic E-state index is 14.7. The van der Waals surface area contributed by atoms with E-state index >= 15 is 0 Å². The Bertz CT molecular complexity index is 1350. The van der Waals surface area contributed by atoms with E-state index in [0.717, 1.165) is 20.6 Å². The molecule has 1 N–H and O–H groups in total. The molecule has 0 aliphatic rings. The fourth-order valence-corrected chi connectivity index (χ4v) is 5.08. The van der Waals surface area contributed by atoms with Gasteiger partial charge in [0.15, 0.2) is 0 Å². The van der Waals surface area contributed by atoms with Gasteiger partial charge in [0.05, 0.1) is 11.9 Å². The second-order valence-electron chi connectivity index (χ2n) is 9.23. The van der Waals surface area contributed by atoms with E-state index in [4.69, 9.17) is 0 Å². The molecule has 0 saturated heterocycles. The zero-order valence-corrected chi connectivity index (χ0v) is 23.9. The molecule has 10 heteroatoms. The molecule has 7 nitrogen and oxygen atoms in total. The van der Waals surface area contributed by atoms with Crippen LogP contribution < -0.4 is 9.62 Å². The summed E-state index contributed by atoms with van der Waals surface area (Å²) in [5.74, 6) is -1.58. The van der Waals surface area contributed by atoms with Crippen LogP contribution in [-0.4, -0.2) is 50.0 Å². The number of rotatable bonds is 11. The number of nitrogens with one attached hydrogen (secondary N) is 1. The van der Waals surface area contributed by atoms with Crippen molar-refractivity contribution < 1.29 is 22.4 Å². The quantitative estimate of drug-likeness (QED) is 0.349. The molecule has 3 aromatic rings. The Labute approximate surface area is 231 Å². The summed E-state index contributed by atoms with van der Waals surface area (Å²) in [6.45, 7) is 2.83. The van der Waals surface area contributed by atoms with Crippen molar-refractivity contribution in [2.24, 2.45) is 0 Å². The molecule has 38 heavy (non-hydrogen) atoms. The molecule has 3 aromatic carbocycles. The molecular formula is C28H31BrFN3O4S. The largest absolute Gasteiger partial charge is 0.352 e. The van der Waals surface area contributed by atoms with E-state index in [1.165, 1.54) is 17.0 Å². The van der Waals surface area contributed by atoms with Crippen molar-refractivity contribution in [1.82, 2.24) is 10.2 Å². The Morgan fingerprint density at radius 1 is 0.947 bits per heavy atom. The van der Waals surface area contributed by atoms with E-state index in [9.17, 15) is 22.4 Å². The number of halogens is 2. The van der Waals surface area contributed by atoms with Crippen LogP contribution in [0.25, 0.3) is 0 Å². The van der Waals surface area contributed by atoms with Crippen LogP contribution in [0.4, 0.5) is 10.1 Å². The van der Waals surface area contributed by atoms with Gasteiger partial charge in [-0.2, -0.15) is 0 Å². The molecule has 1 atom stereocenters. The van der Waals surface area contributed by atoms with Crippen molar-refractivity contribution in [2.45, 2.75) is 38.9 Å². The summed E-state index contributed by atoms with van der Waals surface area (Å²) in [5.41, 5.74) is 1.31. The number of hydrogen-bond donors (Lipinski definition) is 1. The highest BCUT2D eigenvalue weighted by atomic mass is 79.9. The maximum atomic E-state index is 14.7. The van der Waals surface area contributed by atoms with Crippen LogP contribution in [0, 0.1) is 5.82 Å². The van der Waals surface area contributed by atoms with Crippen LogP contribution in [0.1, 0.15) is 25.0 Å². The van der Waals surface area contributed by atoms with Crippen LogP contribution in [-0.2, 0) is 32.6 Å². The maximum Gasteiger partial charge on any atom is 0.244 e. The number of amides is 2. The smallest absolute Gasteiger partial charge is 0.244 e. The van der Waals surface area contributed by atoms with Crippen molar-refractivity contribution in [3.05, 3.63) is 100 Å². The highest BCUT2D eigenvalue weighted by Crippen LogP contribution is 2.23. The Hall–Kier alpha value is -3.24. The summed E-state index contributed by atoms with van der Waals surface area (Å²) < 4.78 is 41.9. The third-order valence-electron chi connectivity index (χ3n) is 5.79. The van der Waals surface area contributed by atoms with Gasteiger partial charge in [-0.3, -0.25) is 13.9 Å². The van der Waals surface area contributed by atoms with Crippen molar-refractivity contribution in [2.75, 3.05) is 17.1 Å². The van der Waals surface area contributed by atoms with Gasteiger partial charge in [-0.1, -0.05) is 64.5 Å². The van der Waals surface area contributed by atoms with Gasteiger partial charge < -0.3 is 10.2 Å². The van der Waals surface area contributed by atoms with Crippen molar-refractivity contribution in [1.29, 1.82) is 0 Å². The molecule has 0 radical (unpaired) electrons. The summed E-state index contributed by atoms with van der Waals surface area (Å²) in [5, 5.41) is 2.86. The van der Waals surface area contributed by atoms with Crippen LogP contribution in [0.15, 0.2) is 83.3 Å². The van der Waals surface area contributed by atoms with E-state index in [2.05, 4.69) is 21.2 Å². The molecule has 0 saturated carbocycles. The second kappa shape index (κ2) is 13.0. The van der Waals surface area contributed by atoms with E-state index in [0.29, 0.717) is 5.69 Å². The second-order valence-corrected chi connectivity index (χ2v) is 12.1.